The second kappa shape index (κ2) is 10.1. The molecule has 0 bridgehead atoms. The number of anilines is 1. The molecule has 0 saturated carbocycles. The number of nitrogens with one attached hydrogen (secondary N) is 1. The predicted molar refractivity (Wildman–Crippen MR) is 138 cm³/mol. The topological polar surface area (TPSA) is 64.1 Å². The summed E-state index contributed by atoms with van der Waals surface area (Å²) >= 11 is 12.0. The van der Waals surface area contributed by atoms with E-state index in [1.54, 1.807) is 30.3 Å². The van der Waals surface area contributed by atoms with E-state index in [9.17, 15) is 4.79 Å². The van der Waals surface area contributed by atoms with E-state index < -0.39 is 5.91 Å². The number of hydrogen-bond donors (Lipinski definition) is 1. The molecule has 0 unspecified atom stereocenters. The van der Waals surface area contributed by atoms with E-state index >= 15 is 0 Å². The summed E-state index contributed by atoms with van der Waals surface area (Å²) in [4.78, 5) is 22.1. The third-order valence-electron chi connectivity index (χ3n) is 5.22. The highest BCUT2D eigenvalue weighted by molar-refractivity contribution is 6.42. The first-order chi connectivity index (χ1) is 16.4. The Labute approximate surface area is 208 Å². The van der Waals surface area contributed by atoms with Crippen molar-refractivity contribution in [1.29, 1.82) is 0 Å². The Kier molecular flexibility index (Phi) is 7.02. The van der Waals surface area contributed by atoms with Gasteiger partial charge >= 0.3 is 0 Å². The molecule has 0 atom stereocenters. The van der Waals surface area contributed by atoms with Gasteiger partial charge in [-0.15, -0.1) is 6.42 Å². The quantitative estimate of drug-likeness (QED) is 0.296. The molecule has 3 aromatic carbocycles. The average Bonchev–Trinajstić information content (AvgIpc) is 2.84. The van der Waals surface area contributed by atoms with Crippen molar-refractivity contribution < 1.29 is 9.53 Å². The van der Waals surface area contributed by atoms with Gasteiger partial charge in [0.05, 0.1) is 21.3 Å². The zero-order chi connectivity index (χ0) is 24.2. The van der Waals surface area contributed by atoms with Crippen LogP contribution in [0.25, 0.3) is 22.2 Å². The molecule has 4 rings (SSSR count). The lowest BCUT2D eigenvalue weighted by Crippen LogP contribution is -2.16. The number of fused-ring (bicyclic) bond motifs is 1. The number of nitrogens with zero attached hydrogens (tertiary/aromatic N) is 2. The zero-order valence-electron chi connectivity index (χ0n) is 18.6. The largest absolute Gasteiger partial charge is 0.481 e. The molecular weight excluding hydrogens is 469 g/mol. The normalized spacial score (nSPS) is 10.8. The summed E-state index contributed by atoms with van der Waals surface area (Å²) in [6, 6.07) is 18.3. The van der Waals surface area contributed by atoms with Crippen LogP contribution in [0.1, 0.15) is 35.9 Å². The van der Waals surface area contributed by atoms with Crippen molar-refractivity contribution in [2.45, 2.75) is 19.8 Å². The van der Waals surface area contributed by atoms with Crippen LogP contribution in [0.4, 0.5) is 5.69 Å². The molecular formula is C27H21Cl2N3O2. The minimum Gasteiger partial charge on any atom is -0.481 e. The third kappa shape index (κ3) is 5.14. The molecule has 0 fully saturated rings. The number of benzene rings is 3. The smallest absolute Gasteiger partial charge is 0.293 e. The van der Waals surface area contributed by atoms with Crippen LogP contribution in [0.15, 0.2) is 60.7 Å². The maximum Gasteiger partial charge on any atom is 0.293 e. The van der Waals surface area contributed by atoms with E-state index in [0.717, 1.165) is 10.9 Å². The van der Waals surface area contributed by atoms with Gasteiger partial charge in [0.15, 0.2) is 0 Å². The highest BCUT2D eigenvalue weighted by Crippen LogP contribution is 2.31. The summed E-state index contributed by atoms with van der Waals surface area (Å²) in [5.74, 6) is 3.01. The zero-order valence-corrected chi connectivity index (χ0v) is 20.1. The molecule has 1 heterocycles. The molecule has 1 amide bonds. The lowest BCUT2D eigenvalue weighted by atomic mass is 9.99. The van der Waals surface area contributed by atoms with Crippen molar-refractivity contribution in [3.8, 4) is 29.4 Å². The molecule has 1 N–H and O–H groups in total. The van der Waals surface area contributed by atoms with Crippen LogP contribution in [0, 0.1) is 12.3 Å². The molecule has 0 aliphatic heterocycles. The van der Waals surface area contributed by atoms with Gasteiger partial charge in [-0.05, 0) is 47.9 Å². The molecule has 1 aromatic heterocycles. The molecule has 5 nitrogen and oxygen atoms in total. The van der Waals surface area contributed by atoms with Crippen molar-refractivity contribution in [1.82, 2.24) is 9.97 Å². The third-order valence-corrected chi connectivity index (χ3v) is 5.96. The van der Waals surface area contributed by atoms with Crippen LogP contribution in [0.2, 0.25) is 10.0 Å². The van der Waals surface area contributed by atoms with Crippen molar-refractivity contribution in [2.24, 2.45) is 0 Å². The van der Waals surface area contributed by atoms with E-state index in [0.29, 0.717) is 38.6 Å². The van der Waals surface area contributed by atoms with E-state index in [1.807, 2.05) is 18.2 Å². The van der Waals surface area contributed by atoms with Crippen LogP contribution in [-0.2, 0) is 0 Å². The molecule has 0 aliphatic carbocycles. The number of carbonyl (C=O) groups is 1. The Hall–Kier alpha value is -3.59. The van der Waals surface area contributed by atoms with Crippen molar-refractivity contribution >= 4 is 45.7 Å². The van der Waals surface area contributed by atoms with Gasteiger partial charge in [-0.1, -0.05) is 67.2 Å². The summed E-state index contributed by atoms with van der Waals surface area (Å²) < 4.78 is 5.59. The molecule has 0 saturated heterocycles. The van der Waals surface area contributed by atoms with Crippen LogP contribution >= 0.6 is 23.2 Å². The molecule has 7 heteroatoms. The predicted octanol–water partition coefficient (Wildman–Crippen LogP) is 6.99. The van der Waals surface area contributed by atoms with Gasteiger partial charge in [0.2, 0.25) is 5.82 Å². The lowest BCUT2D eigenvalue weighted by molar-refractivity contribution is 0.101. The van der Waals surface area contributed by atoms with Gasteiger partial charge in [-0.2, -0.15) is 0 Å². The number of hydrogen-bond acceptors (Lipinski definition) is 4. The minimum absolute atomic E-state index is 0.0267. The number of ether oxygens (including phenoxy) is 1. The number of halogens is 2. The molecule has 170 valence electrons. The van der Waals surface area contributed by atoms with Gasteiger partial charge in [-0.25, -0.2) is 9.97 Å². The summed E-state index contributed by atoms with van der Waals surface area (Å²) in [6.07, 6.45) is 5.32. The first kappa shape index (κ1) is 23.6. The number of terminal acetylenes is 1. The Morgan fingerprint density at radius 2 is 1.79 bits per heavy atom. The number of amides is 1. The second-order valence-electron chi connectivity index (χ2n) is 7.93. The fourth-order valence-corrected chi connectivity index (χ4v) is 3.73. The second-order valence-corrected chi connectivity index (χ2v) is 8.74. The van der Waals surface area contributed by atoms with E-state index in [2.05, 4.69) is 47.2 Å². The maximum atomic E-state index is 13.0. The fourth-order valence-electron chi connectivity index (χ4n) is 3.43. The van der Waals surface area contributed by atoms with Crippen LogP contribution < -0.4 is 10.1 Å². The number of carbonyl (C=O) groups excluding carboxylic acids is 1. The molecule has 4 aromatic rings. The van der Waals surface area contributed by atoms with Gasteiger partial charge in [0.25, 0.3) is 5.91 Å². The van der Waals surface area contributed by atoms with Crippen LogP contribution in [0.5, 0.6) is 5.75 Å². The molecule has 34 heavy (non-hydrogen) atoms. The van der Waals surface area contributed by atoms with Crippen LogP contribution in [-0.4, -0.2) is 22.5 Å². The highest BCUT2D eigenvalue weighted by Gasteiger charge is 2.17. The summed E-state index contributed by atoms with van der Waals surface area (Å²) in [5, 5.41) is 4.26. The van der Waals surface area contributed by atoms with Crippen molar-refractivity contribution in [3.05, 3.63) is 82.1 Å². The monoisotopic (exact) mass is 489 g/mol. The number of aromatic nitrogens is 2. The van der Waals surface area contributed by atoms with Crippen molar-refractivity contribution in [2.75, 3.05) is 11.9 Å². The minimum atomic E-state index is -0.465. The van der Waals surface area contributed by atoms with Crippen molar-refractivity contribution in [3.63, 3.8) is 0 Å². The first-order valence-corrected chi connectivity index (χ1v) is 11.4. The SMILES string of the molecule is C#CCOc1ccc2nc(C(=O)Nc3ccc(Cl)c(Cl)c3)nc(-c3ccc(C(C)C)cc3)c2c1. The van der Waals surface area contributed by atoms with Gasteiger partial charge < -0.3 is 10.1 Å². The van der Waals surface area contributed by atoms with E-state index in [-0.39, 0.29) is 12.4 Å². The summed E-state index contributed by atoms with van der Waals surface area (Å²) in [5.41, 5.74) is 3.77. The Morgan fingerprint density at radius 3 is 2.47 bits per heavy atom. The Balaban J connectivity index is 1.79. The van der Waals surface area contributed by atoms with E-state index in [4.69, 9.17) is 34.4 Å². The Morgan fingerprint density at radius 1 is 1.03 bits per heavy atom. The average molecular weight is 490 g/mol. The van der Waals surface area contributed by atoms with Gasteiger partial charge in [0.1, 0.15) is 12.4 Å². The highest BCUT2D eigenvalue weighted by atomic mass is 35.5. The first-order valence-electron chi connectivity index (χ1n) is 10.6. The molecule has 0 spiro atoms. The lowest BCUT2D eigenvalue weighted by Gasteiger charge is -2.12. The maximum absolute atomic E-state index is 13.0. The molecule has 0 radical (unpaired) electrons. The van der Waals surface area contributed by atoms with Gasteiger partial charge in [-0.3, -0.25) is 4.79 Å². The summed E-state index contributed by atoms with van der Waals surface area (Å²) in [6.45, 7) is 4.42. The standard InChI is InChI=1S/C27H21Cl2N3O2/c1-4-13-34-20-10-12-24-21(15-20)25(18-7-5-17(6-8-18)16(2)3)32-26(31-24)27(33)30-19-9-11-22(28)23(29)14-19/h1,5-12,14-16H,13H2,2-3H3,(H,30,33). The summed E-state index contributed by atoms with van der Waals surface area (Å²) in [7, 11) is 0. The van der Waals surface area contributed by atoms with Gasteiger partial charge in [0, 0.05) is 16.6 Å². The Bertz CT molecular complexity index is 1410. The molecule has 0 aliphatic rings. The van der Waals surface area contributed by atoms with E-state index in [1.165, 1.54) is 5.56 Å². The van der Waals surface area contributed by atoms with Crippen LogP contribution in [0.3, 0.4) is 0 Å². The fraction of sp³-hybridized carbons (Fsp3) is 0.148. The number of rotatable bonds is 6.